The van der Waals surface area contributed by atoms with Gasteiger partial charge in [0.25, 0.3) is 0 Å². The summed E-state index contributed by atoms with van der Waals surface area (Å²) in [6.45, 7) is 5.22. The number of likely N-dealkylation sites (tertiary alicyclic amines) is 1. The molecule has 0 bridgehead atoms. The summed E-state index contributed by atoms with van der Waals surface area (Å²) in [5.74, 6) is 0.871. The maximum atomic E-state index is 12.6. The quantitative estimate of drug-likeness (QED) is 0.833. The summed E-state index contributed by atoms with van der Waals surface area (Å²) in [6.07, 6.45) is 4.87. The molecule has 1 aliphatic heterocycles. The van der Waals surface area contributed by atoms with Crippen molar-refractivity contribution in [2.45, 2.75) is 44.2 Å². The standard InChI is InChI=1S/C18H27N3O.2ClH/c1-18(19,15-5-3-2-4-6-15)17(22)20-16-9-11-21(12-10-16)13-14-7-8-14;;/h2-6,14,16H,7-13,19H2,1H3,(H,20,22);2*1H. The van der Waals surface area contributed by atoms with E-state index in [2.05, 4.69) is 10.2 Å². The van der Waals surface area contributed by atoms with Gasteiger partial charge in [-0.05, 0) is 44.1 Å². The molecule has 3 rings (SSSR count). The third kappa shape index (κ3) is 5.35. The SMILES string of the molecule is CC(N)(C(=O)NC1CCN(CC2CC2)CC1)c1ccccc1.Cl.Cl. The van der Waals surface area contributed by atoms with Crippen molar-refractivity contribution in [1.82, 2.24) is 10.2 Å². The van der Waals surface area contributed by atoms with Crippen LogP contribution in [0, 0.1) is 5.92 Å². The molecule has 136 valence electrons. The Bertz CT molecular complexity index is 512. The second-order valence-corrected chi connectivity index (χ2v) is 7.06. The number of hydrogen-bond acceptors (Lipinski definition) is 3. The average molecular weight is 374 g/mol. The van der Waals surface area contributed by atoms with E-state index in [9.17, 15) is 4.79 Å². The minimum Gasteiger partial charge on any atom is -0.351 e. The fourth-order valence-corrected chi connectivity index (χ4v) is 3.18. The zero-order chi connectivity index (χ0) is 15.6. The largest absolute Gasteiger partial charge is 0.351 e. The molecule has 0 radical (unpaired) electrons. The average Bonchev–Trinajstić information content (AvgIpc) is 3.34. The Morgan fingerprint density at radius 3 is 2.29 bits per heavy atom. The first-order valence-corrected chi connectivity index (χ1v) is 8.43. The topological polar surface area (TPSA) is 58.4 Å². The van der Waals surface area contributed by atoms with Crippen molar-refractivity contribution in [2.75, 3.05) is 19.6 Å². The van der Waals surface area contributed by atoms with Gasteiger partial charge in [-0.2, -0.15) is 0 Å². The Labute approximate surface area is 157 Å². The van der Waals surface area contributed by atoms with Crippen LogP contribution in [0.1, 0.15) is 38.2 Å². The van der Waals surface area contributed by atoms with Crippen molar-refractivity contribution in [3.63, 3.8) is 0 Å². The molecule has 0 aromatic heterocycles. The van der Waals surface area contributed by atoms with Gasteiger partial charge in [-0.15, -0.1) is 24.8 Å². The lowest BCUT2D eigenvalue weighted by Gasteiger charge is -2.34. The van der Waals surface area contributed by atoms with Crippen LogP contribution in [0.5, 0.6) is 0 Å². The molecule has 1 saturated carbocycles. The molecule has 4 nitrogen and oxygen atoms in total. The number of nitrogens with two attached hydrogens (primary N) is 1. The molecule has 1 amide bonds. The maximum Gasteiger partial charge on any atom is 0.244 e. The fraction of sp³-hybridized carbons (Fsp3) is 0.611. The van der Waals surface area contributed by atoms with Gasteiger partial charge in [0.2, 0.25) is 5.91 Å². The Hall–Kier alpha value is -0.810. The predicted molar refractivity (Wildman–Crippen MR) is 103 cm³/mol. The summed E-state index contributed by atoms with van der Waals surface area (Å²) in [5.41, 5.74) is 6.17. The summed E-state index contributed by atoms with van der Waals surface area (Å²) < 4.78 is 0. The zero-order valence-electron chi connectivity index (χ0n) is 14.2. The molecule has 1 atom stereocenters. The number of carbonyl (C=O) groups is 1. The molecule has 1 saturated heterocycles. The Morgan fingerprint density at radius 1 is 1.17 bits per heavy atom. The van der Waals surface area contributed by atoms with Crippen LogP contribution in [-0.4, -0.2) is 36.5 Å². The van der Waals surface area contributed by atoms with Crippen LogP contribution in [0.4, 0.5) is 0 Å². The molecular formula is C18H29Cl2N3O. The number of benzene rings is 1. The van der Waals surface area contributed by atoms with Gasteiger partial charge in [0, 0.05) is 25.7 Å². The van der Waals surface area contributed by atoms with Crippen LogP contribution in [0.3, 0.4) is 0 Å². The van der Waals surface area contributed by atoms with Crippen molar-refractivity contribution in [3.8, 4) is 0 Å². The van der Waals surface area contributed by atoms with E-state index in [-0.39, 0.29) is 36.8 Å². The molecule has 1 heterocycles. The number of nitrogens with zero attached hydrogens (tertiary/aromatic N) is 1. The minimum atomic E-state index is -0.966. The highest BCUT2D eigenvalue weighted by Gasteiger charge is 2.33. The summed E-state index contributed by atoms with van der Waals surface area (Å²) in [4.78, 5) is 15.1. The highest BCUT2D eigenvalue weighted by molar-refractivity contribution is 5.87. The van der Waals surface area contributed by atoms with Crippen LogP contribution >= 0.6 is 24.8 Å². The second-order valence-electron chi connectivity index (χ2n) is 7.06. The normalized spacial score (nSPS) is 21.1. The third-order valence-corrected chi connectivity index (χ3v) is 4.98. The molecule has 1 aliphatic carbocycles. The van der Waals surface area contributed by atoms with E-state index < -0.39 is 5.54 Å². The molecule has 1 aromatic rings. The first kappa shape index (κ1) is 21.2. The fourth-order valence-electron chi connectivity index (χ4n) is 3.18. The smallest absolute Gasteiger partial charge is 0.244 e. The van der Waals surface area contributed by atoms with Gasteiger partial charge in [-0.25, -0.2) is 0 Å². The first-order chi connectivity index (χ1) is 10.6. The van der Waals surface area contributed by atoms with Crippen molar-refractivity contribution in [3.05, 3.63) is 35.9 Å². The van der Waals surface area contributed by atoms with Gasteiger partial charge in [-0.3, -0.25) is 4.79 Å². The van der Waals surface area contributed by atoms with Crippen molar-refractivity contribution < 1.29 is 4.79 Å². The number of piperidine rings is 1. The van der Waals surface area contributed by atoms with E-state index >= 15 is 0 Å². The highest BCUT2D eigenvalue weighted by atomic mass is 35.5. The zero-order valence-corrected chi connectivity index (χ0v) is 15.9. The van der Waals surface area contributed by atoms with Crippen LogP contribution in [0.15, 0.2) is 30.3 Å². The number of halogens is 2. The third-order valence-electron chi connectivity index (χ3n) is 4.98. The van der Waals surface area contributed by atoms with E-state index in [0.29, 0.717) is 0 Å². The monoisotopic (exact) mass is 373 g/mol. The summed E-state index contributed by atoms with van der Waals surface area (Å²) in [6, 6.07) is 9.87. The molecular weight excluding hydrogens is 345 g/mol. The first-order valence-electron chi connectivity index (χ1n) is 8.43. The van der Waals surface area contributed by atoms with E-state index in [1.54, 1.807) is 6.92 Å². The van der Waals surface area contributed by atoms with Crippen LogP contribution in [0.25, 0.3) is 0 Å². The van der Waals surface area contributed by atoms with E-state index in [0.717, 1.165) is 37.4 Å². The molecule has 6 heteroatoms. The molecule has 1 unspecified atom stereocenters. The van der Waals surface area contributed by atoms with Crippen LogP contribution < -0.4 is 11.1 Å². The molecule has 3 N–H and O–H groups in total. The molecule has 1 aromatic carbocycles. The maximum absolute atomic E-state index is 12.6. The number of hydrogen-bond donors (Lipinski definition) is 2. The minimum absolute atomic E-state index is 0. The van der Waals surface area contributed by atoms with Gasteiger partial charge >= 0.3 is 0 Å². The lowest BCUT2D eigenvalue weighted by atomic mass is 9.91. The molecule has 24 heavy (non-hydrogen) atoms. The van der Waals surface area contributed by atoms with Crippen molar-refractivity contribution in [2.24, 2.45) is 11.7 Å². The Kier molecular flexibility index (Phi) is 8.00. The number of nitrogens with one attached hydrogen (secondary N) is 1. The van der Waals surface area contributed by atoms with Crippen LogP contribution in [0.2, 0.25) is 0 Å². The van der Waals surface area contributed by atoms with Gasteiger partial charge < -0.3 is 16.0 Å². The molecule has 0 spiro atoms. The summed E-state index contributed by atoms with van der Waals surface area (Å²) in [7, 11) is 0. The van der Waals surface area contributed by atoms with Gasteiger partial charge in [-0.1, -0.05) is 30.3 Å². The lowest BCUT2D eigenvalue weighted by molar-refractivity contribution is -0.127. The number of rotatable bonds is 5. The predicted octanol–water partition coefficient (Wildman–Crippen LogP) is 2.69. The van der Waals surface area contributed by atoms with Gasteiger partial charge in [0.1, 0.15) is 5.54 Å². The summed E-state index contributed by atoms with van der Waals surface area (Å²) in [5, 5.41) is 3.16. The van der Waals surface area contributed by atoms with E-state index in [1.807, 2.05) is 30.3 Å². The van der Waals surface area contributed by atoms with E-state index in [4.69, 9.17) is 5.73 Å². The molecule has 2 fully saturated rings. The van der Waals surface area contributed by atoms with E-state index in [1.165, 1.54) is 19.4 Å². The van der Waals surface area contributed by atoms with Gasteiger partial charge in [0.15, 0.2) is 0 Å². The lowest BCUT2D eigenvalue weighted by Crippen LogP contribution is -2.54. The Balaban J connectivity index is 0.00000144. The summed E-state index contributed by atoms with van der Waals surface area (Å²) >= 11 is 0. The van der Waals surface area contributed by atoms with Gasteiger partial charge in [0.05, 0.1) is 0 Å². The Morgan fingerprint density at radius 2 is 1.75 bits per heavy atom. The van der Waals surface area contributed by atoms with Crippen molar-refractivity contribution >= 4 is 30.7 Å². The van der Waals surface area contributed by atoms with Crippen molar-refractivity contribution in [1.29, 1.82) is 0 Å². The highest BCUT2D eigenvalue weighted by Crippen LogP contribution is 2.30. The molecule has 2 aliphatic rings. The van der Waals surface area contributed by atoms with Crippen LogP contribution in [-0.2, 0) is 10.3 Å². The number of carbonyl (C=O) groups excluding carboxylic acids is 1. The number of amides is 1. The second kappa shape index (κ2) is 9.04.